The lowest BCUT2D eigenvalue weighted by molar-refractivity contribution is -0.0309. The minimum absolute atomic E-state index is 0.102. The molecule has 2 atom stereocenters. The van der Waals surface area contributed by atoms with Gasteiger partial charge < -0.3 is 4.74 Å². The molecule has 156 valence electrons. The van der Waals surface area contributed by atoms with Crippen molar-refractivity contribution in [2.45, 2.75) is 98.1 Å². The Kier molecular flexibility index (Phi) is 15.4. The second kappa shape index (κ2) is 15.7. The zero-order valence-corrected chi connectivity index (χ0v) is 18.9. The first-order chi connectivity index (χ1) is 12.6. The van der Waals surface area contributed by atoms with Crippen LogP contribution in [0.4, 0.5) is 0 Å². The van der Waals surface area contributed by atoms with Gasteiger partial charge in [0, 0.05) is 12.6 Å². The molecule has 0 aromatic carbocycles. The molecule has 3 nitrogen and oxygen atoms in total. The maximum Gasteiger partial charge on any atom is 0.0781 e. The summed E-state index contributed by atoms with van der Waals surface area (Å²) >= 11 is 0. The maximum absolute atomic E-state index is 6.01. The van der Waals surface area contributed by atoms with Crippen LogP contribution in [0.15, 0.2) is 12.7 Å². The van der Waals surface area contributed by atoms with Gasteiger partial charge in [0.05, 0.1) is 12.1 Å². The molecule has 0 aliphatic heterocycles. The van der Waals surface area contributed by atoms with E-state index in [1.54, 1.807) is 0 Å². The fraction of sp³-hybridized carbons (Fsp3) is 0.913. The van der Waals surface area contributed by atoms with Gasteiger partial charge in [-0.15, -0.1) is 6.58 Å². The summed E-state index contributed by atoms with van der Waals surface area (Å²) < 4.78 is 6.01. The van der Waals surface area contributed by atoms with Crippen LogP contribution in [0.3, 0.4) is 0 Å². The van der Waals surface area contributed by atoms with Crippen molar-refractivity contribution in [3.63, 3.8) is 0 Å². The van der Waals surface area contributed by atoms with Crippen LogP contribution in [-0.2, 0) is 4.74 Å². The highest BCUT2D eigenvalue weighted by molar-refractivity contribution is 5.12. The molecule has 0 amide bonds. The highest BCUT2D eigenvalue weighted by Gasteiger charge is 2.42. The van der Waals surface area contributed by atoms with E-state index in [2.05, 4.69) is 64.0 Å². The molecule has 0 radical (unpaired) electrons. The van der Waals surface area contributed by atoms with Gasteiger partial charge in [0.2, 0.25) is 0 Å². The zero-order chi connectivity index (χ0) is 19.8. The molecule has 0 fully saturated rings. The first-order valence-corrected chi connectivity index (χ1v) is 11.3. The van der Waals surface area contributed by atoms with E-state index in [9.17, 15) is 0 Å². The lowest BCUT2D eigenvalue weighted by atomic mass is 9.83. The van der Waals surface area contributed by atoms with Crippen molar-refractivity contribution < 1.29 is 4.74 Å². The van der Waals surface area contributed by atoms with E-state index in [4.69, 9.17) is 4.74 Å². The SMILES string of the molecule is C=CC(COCC)(C(CCCCCCCC)N(CC)CC)N(CC)CC. The molecule has 0 aromatic heterocycles. The van der Waals surface area contributed by atoms with Gasteiger partial charge in [-0.2, -0.15) is 0 Å². The van der Waals surface area contributed by atoms with E-state index < -0.39 is 0 Å². The molecule has 0 aromatic rings. The zero-order valence-electron chi connectivity index (χ0n) is 18.9. The van der Waals surface area contributed by atoms with E-state index in [1.165, 1.54) is 44.9 Å². The smallest absolute Gasteiger partial charge is 0.0781 e. The Hall–Kier alpha value is -0.380. The van der Waals surface area contributed by atoms with Crippen LogP contribution in [0, 0.1) is 0 Å². The number of rotatable bonds is 18. The van der Waals surface area contributed by atoms with Crippen molar-refractivity contribution in [3.05, 3.63) is 12.7 Å². The second-order valence-corrected chi connectivity index (χ2v) is 7.30. The maximum atomic E-state index is 6.01. The minimum Gasteiger partial charge on any atom is -0.379 e. The highest BCUT2D eigenvalue weighted by Crippen LogP contribution is 2.30. The molecule has 3 heteroatoms. The lowest BCUT2D eigenvalue weighted by Crippen LogP contribution is -2.63. The van der Waals surface area contributed by atoms with Crippen molar-refractivity contribution in [3.8, 4) is 0 Å². The third kappa shape index (κ3) is 7.70. The van der Waals surface area contributed by atoms with E-state index >= 15 is 0 Å². The molecule has 0 spiro atoms. The number of hydrogen-bond donors (Lipinski definition) is 0. The fourth-order valence-electron chi connectivity index (χ4n) is 4.33. The van der Waals surface area contributed by atoms with Gasteiger partial charge in [-0.25, -0.2) is 0 Å². The third-order valence-corrected chi connectivity index (χ3v) is 5.90. The normalized spacial score (nSPS) is 15.4. The Labute approximate surface area is 165 Å². The lowest BCUT2D eigenvalue weighted by Gasteiger charge is -2.50. The van der Waals surface area contributed by atoms with Crippen molar-refractivity contribution in [1.82, 2.24) is 9.80 Å². The summed E-state index contributed by atoms with van der Waals surface area (Å²) in [6.07, 6.45) is 11.5. The monoisotopic (exact) mass is 368 g/mol. The van der Waals surface area contributed by atoms with Gasteiger partial charge in [-0.3, -0.25) is 9.80 Å². The molecular formula is C23H48N2O. The second-order valence-electron chi connectivity index (χ2n) is 7.30. The summed E-state index contributed by atoms with van der Waals surface area (Å²) in [6.45, 7) is 23.5. The average molecular weight is 369 g/mol. The summed E-state index contributed by atoms with van der Waals surface area (Å²) in [7, 11) is 0. The summed E-state index contributed by atoms with van der Waals surface area (Å²) in [5.74, 6) is 0. The summed E-state index contributed by atoms with van der Waals surface area (Å²) in [6, 6.07) is 0.465. The molecule has 26 heavy (non-hydrogen) atoms. The molecule has 0 heterocycles. The predicted molar refractivity (Wildman–Crippen MR) is 117 cm³/mol. The van der Waals surface area contributed by atoms with Gasteiger partial charge in [0.1, 0.15) is 0 Å². The summed E-state index contributed by atoms with van der Waals surface area (Å²) in [5, 5.41) is 0. The average Bonchev–Trinajstić information content (AvgIpc) is 2.67. The number of likely N-dealkylation sites (N-methyl/N-ethyl adjacent to an activating group) is 2. The number of ether oxygens (including phenoxy) is 1. The van der Waals surface area contributed by atoms with Crippen LogP contribution >= 0.6 is 0 Å². The van der Waals surface area contributed by atoms with Crippen LogP contribution in [0.1, 0.15) is 86.5 Å². The predicted octanol–water partition coefficient (Wildman–Crippen LogP) is 5.75. The van der Waals surface area contributed by atoms with Crippen molar-refractivity contribution >= 4 is 0 Å². The standard InChI is InChI=1S/C23H48N2O/c1-8-15-16-17-18-19-20-22(24(10-3)11-4)23(9-2,21-26-14-7)25(12-5)13-6/h9,22H,2,8,10-21H2,1,3-7H3. The Balaban J connectivity index is 5.39. The van der Waals surface area contributed by atoms with Crippen LogP contribution in [-0.4, -0.2) is 60.8 Å². The molecule has 2 unspecified atom stereocenters. The quantitative estimate of drug-likeness (QED) is 0.226. The topological polar surface area (TPSA) is 15.7 Å². The highest BCUT2D eigenvalue weighted by atomic mass is 16.5. The number of unbranched alkanes of at least 4 members (excludes halogenated alkanes) is 5. The van der Waals surface area contributed by atoms with Gasteiger partial charge >= 0.3 is 0 Å². The first kappa shape index (κ1) is 25.6. The molecule has 0 aliphatic carbocycles. The van der Waals surface area contributed by atoms with Crippen LogP contribution in [0.5, 0.6) is 0 Å². The van der Waals surface area contributed by atoms with Crippen molar-refractivity contribution in [2.24, 2.45) is 0 Å². The molecule has 0 N–H and O–H groups in total. The Morgan fingerprint density at radius 3 is 1.88 bits per heavy atom. The van der Waals surface area contributed by atoms with E-state index in [0.717, 1.165) is 39.4 Å². The fourth-order valence-corrected chi connectivity index (χ4v) is 4.33. The summed E-state index contributed by atoms with van der Waals surface area (Å²) in [5.41, 5.74) is -0.102. The van der Waals surface area contributed by atoms with Crippen LogP contribution in [0.25, 0.3) is 0 Å². The number of hydrogen-bond acceptors (Lipinski definition) is 3. The molecule has 0 rings (SSSR count). The molecule has 0 saturated carbocycles. The molecule has 0 aliphatic rings. The van der Waals surface area contributed by atoms with Crippen LogP contribution in [0.2, 0.25) is 0 Å². The molecular weight excluding hydrogens is 320 g/mol. The van der Waals surface area contributed by atoms with E-state index in [1.807, 2.05) is 0 Å². The van der Waals surface area contributed by atoms with Gasteiger partial charge in [-0.1, -0.05) is 79.2 Å². The van der Waals surface area contributed by atoms with Gasteiger partial charge in [-0.05, 0) is 39.5 Å². The Morgan fingerprint density at radius 1 is 0.846 bits per heavy atom. The Morgan fingerprint density at radius 2 is 1.42 bits per heavy atom. The van der Waals surface area contributed by atoms with E-state index in [-0.39, 0.29) is 5.54 Å². The van der Waals surface area contributed by atoms with Crippen LogP contribution < -0.4 is 0 Å². The minimum atomic E-state index is -0.102. The van der Waals surface area contributed by atoms with E-state index in [0.29, 0.717) is 6.04 Å². The third-order valence-electron chi connectivity index (χ3n) is 5.90. The molecule has 0 bridgehead atoms. The van der Waals surface area contributed by atoms with Gasteiger partial charge in [0.25, 0.3) is 0 Å². The Bertz CT molecular complexity index is 326. The van der Waals surface area contributed by atoms with Gasteiger partial charge in [0.15, 0.2) is 0 Å². The largest absolute Gasteiger partial charge is 0.379 e. The first-order valence-electron chi connectivity index (χ1n) is 11.3. The number of nitrogens with zero attached hydrogens (tertiary/aromatic N) is 2. The molecule has 0 saturated heterocycles. The van der Waals surface area contributed by atoms with Crippen molar-refractivity contribution in [2.75, 3.05) is 39.4 Å². The van der Waals surface area contributed by atoms with Crippen molar-refractivity contribution in [1.29, 1.82) is 0 Å². The summed E-state index contributed by atoms with van der Waals surface area (Å²) in [4.78, 5) is 5.20.